The summed E-state index contributed by atoms with van der Waals surface area (Å²) in [5, 5.41) is 11.5. The third-order valence-corrected chi connectivity index (χ3v) is 5.75. The van der Waals surface area contributed by atoms with Crippen LogP contribution < -0.4 is 16.0 Å². The molecule has 1 saturated heterocycles. The number of amidine groups is 1. The van der Waals surface area contributed by atoms with Crippen LogP contribution >= 0.6 is 27.5 Å². The molecule has 6 heteroatoms. The molecule has 130 valence electrons. The zero-order valence-electron chi connectivity index (χ0n) is 13.8. The van der Waals surface area contributed by atoms with Crippen LogP contribution in [0.3, 0.4) is 0 Å². The number of rotatable bonds is 2. The number of piperidine rings is 1. The minimum atomic E-state index is -0.152. The van der Waals surface area contributed by atoms with Gasteiger partial charge in [0.2, 0.25) is 0 Å². The fraction of sp³-hybridized carbons (Fsp3) is 0.316. The van der Waals surface area contributed by atoms with E-state index in [-0.39, 0.29) is 5.54 Å². The van der Waals surface area contributed by atoms with Crippen molar-refractivity contribution in [2.24, 2.45) is 4.99 Å². The SMILES string of the molecule is Clc1cccc(CN=C2Nc3cccc(Br)c3NC23CCNCC3)c1. The molecule has 0 saturated carbocycles. The normalized spacial score (nSPS) is 20.0. The van der Waals surface area contributed by atoms with Crippen molar-refractivity contribution >= 4 is 44.7 Å². The fourth-order valence-electron chi connectivity index (χ4n) is 3.51. The summed E-state index contributed by atoms with van der Waals surface area (Å²) in [6, 6.07) is 14.1. The van der Waals surface area contributed by atoms with Crippen LogP contribution in [-0.4, -0.2) is 24.5 Å². The molecule has 0 bridgehead atoms. The van der Waals surface area contributed by atoms with Gasteiger partial charge in [0.25, 0.3) is 0 Å². The van der Waals surface area contributed by atoms with E-state index in [9.17, 15) is 0 Å². The molecule has 4 nitrogen and oxygen atoms in total. The van der Waals surface area contributed by atoms with E-state index in [0.29, 0.717) is 6.54 Å². The first-order chi connectivity index (χ1) is 12.2. The van der Waals surface area contributed by atoms with E-state index in [1.807, 2.05) is 24.3 Å². The maximum absolute atomic E-state index is 6.10. The number of anilines is 2. The molecule has 3 N–H and O–H groups in total. The lowest BCUT2D eigenvalue weighted by Gasteiger charge is -2.44. The molecule has 2 aromatic rings. The monoisotopic (exact) mass is 418 g/mol. The number of nitrogens with zero attached hydrogens (tertiary/aromatic N) is 1. The predicted molar refractivity (Wildman–Crippen MR) is 109 cm³/mol. The van der Waals surface area contributed by atoms with E-state index in [1.165, 1.54) is 0 Å². The van der Waals surface area contributed by atoms with Gasteiger partial charge >= 0.3 is 0 Å². The smallest absolute Gasteiger partial charge is 0.127 e. The highest BCUT2D eigenvalue weighted by Gasteiger charge is 2.41. The summed E-state index contributed by atoms with van der Waals surface area (Å²) in [4.78, 5) is 4.94. The number of aliphatic imine (C=N–C) groups is 1. The molecule has 1 spiro atoms. The second-order valence-electron chi connectivity index (χ2n) is 6.54. The van der Waals surface area contributed by atoms with Gasteiger partial charge in [-0.3, -0.25) is 4.99 Å². The quantitative estimate of drug-likeness (QED) is 0.663. The van der Waals surface area contributed by atoms with Gasteiger partial charge in [0.1, 0.15) is 5.84 Å². The highest BCUT2D eigenvalue weighted by atomic mass is 79.9. The van der Waals surface area contributed by atoms with E-state index >= 15 is 0 Å². The third kappa shape index (κ3) is 3.41. The highest BCUT2D eigenvalue weighted by Crippen LogP contribution is 2.40. The summed E-state index contributed by atoms with van der Waals surface area (Å²) < 4.78 is 1.07. The summed E-state index contributed by atoms with van der Waals surface area (Å²) >= 11 is 9.77. The lowest BCUT2D eigenvalue weighted by Crippen LogP contribution is -2.57. The highest BCUT2D eigenvalue weighted by molar-refractivity contribution is 9.10. The number of halogens is 2. The summed E-state index contributed by atoms with van der Waals surface area (Å²) in [7, 11) is 0. The van der Waals surface area contributed by atoms with Gasteiger partial charge in [-0.15, -0.1) is 0 Å². The van der Waals surface area contributed by atoms with Gasteiger partial charge in [0, 0.05) is 9.50 Å². The van der Waals surface area contributed by atoms with Crippen molar-refractivity contribution in [2.45, 2.75) is 24.9 Å². The van der Waals surface area contributed by atoms with Crippen LogP contribution in [0.5, 0.6) is 0 Å². The first kappa shape index (κ1) is 16.9. The van der Waals surface area contributed by atoms with E-state index in [4.69, 9.17) is 16.6 Å². The van der Waals surface area contributed by atoms with E-state index in [0.717, 1.165) is 58.2 Å². The Morgan fingerprint density at radius 2 is 1.92 bits per heavy atom. The van der Waals surface area contributed by atoms with Crippen molar-refractivity contribution in [1.29, 1.82) is 0 Å². The van der Waals surface area contributed by atoms with Crippen LogP contribution in [0.25, 0.3) is 0 Å². The summed E-state index contributed by atoms with van der Waals surface area (Å²) in [5.41, 5.74) is 3.14. The number of benzene rings is 2. The Labute approximate surface area is 161 Å². The van der Waals surface area contributed by atoms with E-state index in [1.54, 1.807) is 0 Å². The molecule has 0 aromatic heterocycles. The number of para-hydroxylation sites is 1. The summed E-state index contributed by atoms with van der Waals surface area (Å²) in [6.07, 6.45) is 1.99. The Bertz CT molecular complexity index is 815. The Morgan fingerprint density at radius 3 is 2.72 bits per heavy atom. The Hall–Kier alpha value is -1.56. The number of hydrogen-bond acceptors (Lipinski definition) is 3. The molecule has 2 aromatic carbocycles. The van der Waals surface area contributed by atoms with Crippen LogP contribution in [0, 0.1) is 0 Å². The van der Waals surface area contributed by atoms with Crippen molar-refractivity contribution < 1.29 is 0 Å². The summed E-state index contributed by atoms with van der Waals surface area (Å²) in [6.45, 7) is 2.57. The summed E-state index contributed by atoms with van der Waals surface area (Å²) in [5.74, 6) is 1.01. The van der Waals surface area contributed by atoms with Crippen molar-refractivity contribution in [2.75, 3.05) is 23.7 Å². The molecule has 0 unspecified atom stereocenters. The van der Waals surface area contributed by atoms with Crippen LogP contribution in [0.15, 0.2) is 51.9 Å². The molecule has 0 radical (unpaired) electrons. The van der Waals surface area contributed by atoms with Crippen molar-refractivity contribution in [3.05, 3.63) is 57.5 Å². The van der Waals surface area contributed by atoms with E-state index in [2.05, 4.69) is 50.1 Å². The fourth-order valence-corrected chi connectivity index (χ4v) is 4.19. The zero-order valence-corrected chi connectivity index (χ0v) is 16.1. The average Bonchev–Trinajstić information content (AvgIpc) is 2.62. The lowest BCUT2D eigenvalue weighted by atomic mass is 9.84. The first-order valence-electron chi connectivity index (χ1n) is 8.50. The van der Waals surface area contributed by atoms with Crippen molar-refractivity contribution in [3.8, 4) is 0 Å². The second kappa shape index (κ2) is 6.98. The maximum atomic E-state index is 6.10. The number of nitrogens with one attached hydrogen (secondary N) is 3. The zero-order chi connectivity index (χ0) is 17.3. The molecule has 4 rings (SSSR count). The first-order valence-corrected chi connectivity index (χ1v) is 9.67. The molecule has 2 aliphatic rings. The Balaban J connectivity index is 1.69. The van der Waals surface area contributed by atoms with Crippen LogP contribution in [0.1, 0.15) is 18.4 Å². The molecule has 25 heavy (non-hydrogen) atoms. The number of hydrogen-bond donors (Lipinski definition) is 3. The lowest BCUT2D eigenvalue weighted by molar-refractivity contribution is 0.419. The van der Waals surface area contributed by atoms with Crippen LogP contribution in [-0.2, 0) is 6.54 Å². The molecular weight excluding hydrogens is 400 g/mol. The molecule has 0 atom stereocenters. The number of fused-ring (bicyclic) bond motifs is 1. The average molecular weight is 420 g/mol. The predicted octanol–water partition coefficient (Wildman–Crippen LogP) is 4.66. The van der Waals surface area contributed by atoms with Gasteiger partial charge in [-0.25, -0.2) is 0 Å². The van der Waals surface area contributed by atoms with Crippen molar-refractivity contribution in [1.82, 2.24) is 5.32 Å². The molecule has 1 fully saturated rings. The Kier molecular flexibility index (Phi) is 4.71. The Morgan fingerprint density at radius 1 is 1.12 bits per heavy atom. The molecular formula is C19H20BrClN4. The molecule has 2 heterocycles. The van der Waals surface area contributed by atoms with Gasteiger partial charge in [-0.2, -0.15) is 0 Å². The van der Waals surface area contributed by atoms with E-state index < -0.39 is 0 Å². The molecule has 2 aliphatic heterocycles. The minimum absolute atomic E-state index is 0.152. The van der Waals surface area contributed by atoms with Crippen molar-refractivity contribution in [3.63, 3.8) is 0 Å². The minimum Gasteiger partial charge on any atom is -0.370 e. The standard InChI is InChI=1S/C19H20BrClN4/c20-15-5-2-6-16-17(15)25-19(7-9-22-10-8-19)18(24-16)23-12-13-3-1-4-14(21)11-13/h1-6,11,22,25H,7-10,12H2,(H,23,24). The maximum Gasteiger partial charge on any atom is 0.127 e. The molecule has 0 amide bonds. The van der Waals surface area contributed by atoms with Gasteiger partial charge < -0.3 is 16.0 Å². The van der Waals surface area contributed by atoms with Gasteiger partial charge in [-0.05, 0) is 71.7 Å². The van der Waals surface area contributed by atoms with Gasteiger partial charge in [-0.1, -0.05) is 29.8 Å². The topological polar surface area (TPSA) is 48.5 Å². The molecule has 0 aliphatic carbocycles. The second-order valence-corrected chi connectivity index (χ2v) is 7.83. The largest absolute Gasteiger partial charge is 0.370 e. The van der Waals surface area contributed by atoms with Gasteiger partial charge in [0.15, 0.2) is 0 Å². The van der Waals surface area contributed by atoms with Crippen LogP contribution in [0.4, 0.5) is 11.4 Å². The van der Waals surface area contributed by atoms with Gasteiger partial charge in [0.05, 0.1) is 23.5 Å². The van der Waals surface area contributed by atoms with Crippen LogP contribution in [0.2, 0.25) is 5.02 Å². The third-order valence-electron chi connectivity index (χ3n) is 4.85.